The Morgan fingerprint density at radius 3 is 2.55 bits per heavy atom. The minimum atomic E-state index is -3.57. The van der Waals surface area contributed by atoms with Crippen LogP contribution >= 0.6 is 11.6 Å². The number of halogens is 1. The summed E-state index contributed by atoms with van der Waals surface area (Å²) in [7, 11) is -3.57. The van der Waals surface area contributed by atoms with Crippen molar-refractivity contribution in [1.82, 2.24) is 4.72 Å². The zero-order valence-electron chi connectivity index (χ0n) is 12.2. The van der Waals surface area contributed by atoms with Crippen LogP contribution in [0.15, 0.2) is 17.0 Å². The molecule has 1 atom stereocenters. The van der Waals surface area contributed by atoms with E-state index in [0.717, 1.165) is 25.7 Å². The molecule has 1 aromatic carbocycles. The summed E-state index contributed by atoms with van der Waals surface area (Å²) in [6.45, 7) is 5.74. The normalized spacial score (nSPS) is 13.4. The highest BCUT2D eigenvalue weighted by atomic mass is 35.5. The van der Waals surface area contributed by atoms with Gasteiger partial charge in [0.15, 0.2) is 0 Å². The molecule has 0 aliphatic heterocycles. The second-order valence-electron chi connectivity index (χ2n) is 5.14. The van der Waals surface area contributed by atoms with Gasteiger partial charge in [-0.3, -0.25) is 0 Å². The fraction of sp³-hybridized carbons (Fsp3) is 0.571. The van der Waals surface area contributed by atoms with Gasteiger partial charge in [-0.25, -0.2) is 13.1 Å². The molecule has 0 fully saturated rings. The number of benzene rings is 1. The first-order valence-corrected chi connectivity index (χ1v) is 8.72. The monoisotopic (exact) mass is 318 g/mol. The lowest BCUT2D eigenvalue weighted by Gasteiger charge is -2.15. The SMILES string of the molecule is CCCCCC(C)NS(=O)(=O)c1cc(N)c(C)c(Cl)c1. The topological polar surface area (TPSA) is 72.2 Å². The van der Waals surface area contributed by atoms with E-state index in [0.29, 0.717) is 16.3 Å². The summed E-state index contributed by atoms with van der Waals surface area (Å²) in [5.41, 5.74) is 6.85. The summed E-state index contributed by atoms with van der Waals surface area (Å²) in [5, 5.41) is 0.365. The number of rotatable bonds is 7. The second kappa shape index (κ2) is 7.29. The molecule has 1 rings (SSSR count). The van der Waals surface area contributed by atoms with Gasteiger partial charge in [-0.1, -0.05) is 37.8 Å². The van der Waals surface area contributed by atoms with Gasteiger partial charge >= 0.3 is 0 Å². The Hall–Kier alpha value is -0.780. The van der Waals surface area contributed by atoms with E-state index in [4.69, 9.17) is 17.3 Å². The van der Waals surface area contributed by atoms with Gasteiger partial charge < -0.3 is 5.73 Å². The van der Waals surface area contributed by atoms with Gasteiger partial charge in [0.1, 0.15) is 0 Å². The molecule has 1 unspecified atom stereocenters. The zero-order valence-corrected chi connectivity index (χ0v) is 13.8. The van der Waals surface area contributed by atoms with Gasteiger partial charge in [0, 0.05) is 16.8 Å². The highest BCUT2D eigenvalue weighted by Gasteiger charge is 2.19. The lowest BCUT2D eigenvalue weighted by Crippen LogP contribution is -2.32. The molecule has 114 valence electrons. The van der Waals surface area contributed by atoms with E-state index >= 15 is 0 Å². The van der Waals surface area contributed by atoms with Crippen molar-refractivity contribution in [2.75, 3.05) is 5.73 Å². The van der Waals surface area contributed by atoms with E-state index in [2.05, 4.69) is 11.6 Å². The molecule has 0 saturated heterocycles. The largest absolute Gasteiger partial charge is 0.398 e. The Morgan fingerprint density at radius 1 is 1.35 bits per heavy atom. The Morgan fingerprint density at radius 2 is 2.00 bits per heavy atom. The number of sulfonamides is 1. The number of nitrogen functional groups attached to an aromatic ring is 1. The lowest BCUT2D eigenvalue weighted by atomic mass is 10.1. The summed E-state index contributed by atoms with van der Waals surface area (Å²) in [6, 6.07) is 2.78. The fourth-order valence-electron chi connectivity index (χ4n) is 1.92. The van der Waals surface area contributed by atoms with Crippen molar-refractivity contribution in [2.45, 2.75) is 57.4 Å². The van der Waals surface area contributed by atoms with Crippen molar-refractivity contribution in [3.05, 3.63) is 22.7 Å². The van der Waals surface area contributed by atoms with E-state index in [1.807, 2.05) is 6.92 Å². The minimum Gasteiger partial charge on any atom is -0.398 e. The van der Waals surface area contributed by atoms with Crippen molar-refractivity contribution in [2.24, 2.45) is 0 Å². The highest BCUT2D eigenvalue weighted by Crippen LogP contribution is 2.26. The highest BCUT2D eigenvalue weighted by molar-refractivity contribution is 7.89. The molecule has 0 spiro atoms. The Kier molecular flexibility index (Phi) is 6.30. The standard InChI is InChI=1S/C14H23ClN2O2S/c1-4-5-6-7-10(2)17-20(18,19)12-8-13(15)11(3)14(16)9-12/h8-10,17H,4-7,16H2,1-3H3. The molecule has 0 aromatic heterocycles. The van der Waals surface area contributed by atoms with Gasteiger partial charge in [0.2, 0.25) is 10.0 Å². The van der Waals surface area contributed by atoms with Crippen LogP contribution in [-0.2, 0) is 10.0 Å². The smallest absolute Gasteiger partial charge is 0.240 e. The number of nitrogens with two attached hydrogens (primary N) is 1. The van der Waals surface area contributed by atoms with Crippen LogP contribution in [0.1, 0.15) is 45.1 Å². The second-order valence-corrected chi connectivity index (χ2v) is 7.26. The summed E-state index contributed by atoms with van der Waals surface area (Å²) in [6.07, 6.45) is 4.05. The van der Waals surface area contributed by atoms with E-state index in [1.165, 1.54) is 12.1 Å². The van der Waals surface area contributed by atoms with E-state index in [9.17, 15) is 8.42 Å². The summed E-state index contributed by atoms with van der Waals surface area (Å²) < 4.78 is 27.2. The van der Waals surface area contributed by atoms with Gasteiger partial charge in [0.25, 0.3) is 0 Å². The van der Waals surface area contributed by atoms with Crippen LogP contribution < -0.4 is 10.5 Å². The molecule has 0 amide bonds. The zero-order chi connectivity index (χ0) is 15.3. The molecule has 6 heteroatoms. The first-order valence-electron chi connectivity index (χ1n) is 6.86. The molecule has 1 aromatic rings. The first-order chi connectivity index (χ1) is 9.27. The number of anilines is 1. The molecule has 0 aliphatic carbocycles. The van der Waals surface area contributed by atoms with E-state index in [-0.39, 0.29) is 10.9 Å². The molecule has 20 heavy (non-hydrogen) atoms. The number of nitrogens with one attached hydrogen (secondary N) is 1. The number of hydrogen-bond acceptors (Lipinski definition) is 3. The number of unbranched alkanes of at least 4 members (excludes halogenated alkanes) is 2. The summed E-state index contributed by atoms with van der Waals surface area (Å²) in [5.74, 6) is 0. The van der Waals surface area contributed by atoms with Crippen molar-refractivity contribution in [3.63, 3.8) is 0 Å². The molecular weight excluding hydrogens is 296 g/mol. The van der Waals surface area contributed by atoms with Crippen LogP contribution in [0.2, 0.25) is 5.02 Å². The maximum absolute atomic E-state index is 12.3. The molecule has 0 heterocycles. The Labute approximate surface area is 126 Å². The van der Waals surface area contributed by atoms with Crippen molar-refractivity contribution in [3.8, 4) is 0 Å². The van der Waals surface area contributed by atoms with Crippen LogP contribution in [0.5, 0.6) is 0 Å². The third kappa shape index (κ3) is 4.65. The average Bonchev–Trinajstić information content (AvgIpc) is 2.35. The van der Waals surface area contributed by atoms with Gasteiger partial charge in [0.05, 0.1) is 4.90 Å². The van der Waals surface area contributed by atoms with E-state index < -0.39 is 10.0 Å². The molecule has 0 bridgehead atoms. The molecule has 4 nitrogen and oxygen atoms in total. The average molecular weight is 319 g/mol. The molecular formula is C14H23ClN2O2S. The van der Waals surface area contributed by atoms with Gasteiger partial charge in [-0.05, 0) is 38.0 Å². The van der Waals surface area contributed by atoms with Crippen molar-refractivity contribution < 1.29 is 8.42 Å². The lowest BCUT2D eigenvalue weighted by molar-refractivity contribution is 0.527. The Bertz CT molecular complexity index is 535. The van der Waals surface area contributed by atoms with Gasteiger partial charge in [-0.15, -0.1) is 0 Å². The number of hydrogen-bond donors (Lipinski definition) is 2. The maximum Gasteiger partial charge on any atom is 0.240 e. The molecule has 0 saturated carbocycles. The molecule has 0 aliphatic rings. The predicted octanol–water partition coefficient (Wildman–Crippen LogP) is 3.48. The van der Waals surface area contributed by atoms with E-state index in [1.54, 1.807) is 6.92 Å². The molecule has 3 N–H and O–H groups in total. The minimum absolute atomic E-state index is 0.104. The van der Waals surface area contributed by atoms with Crippen LogP contribution in [-0.4, -0.2) is 14.5 Å². The Balaban J connectivity index is 2.84. The fourth-order valence-corrected chi connectivity index (χ4v) is 3.55. The van der Waals surface area contributed by atoms with Crippen LogP contribution in [0, 0.1) is 6.92 Å². The third-order valence-electron chi connectivity index (χ3n) is 3.27. The third-order valence-corrected chi connectivity index (χ3v) is 5.23. The van der Waals surface area contributed by atoms with Crippen molar-refractivity contribution >= 4 is 27.3 Å². The van der Waals surface area contributed by atoms with Crippen LogP contribution in [0.3, 0.4) is 0 Å². The van der Waals surface area contributed by atoms with Crippen LogP contribution in [0.25, 0.3) is 0 Å². The maximum atomic E-state index is 12.3. The van der Waals surface area contributed by atoms with Crippen LogP contribution in [0.4, 0.5) is 5.69 Å². The first kappa shape index (κ1) is 17.3. The quantitative estimate of drug-likeness (QED) is 0.597. The van der Waals surface area contributed by atoms with Gasteiger partial charge in [-0.2, -0.15) is 0 Å². The van der Waals surface area contributed by atoms with Crippen molar-refractivity contribution in [1.29, 1.82) is 0 Å². The summed E-state index contributed by atoms with van der Waals surface area (Å²) >= 11 is 5.99. The summed E-state index contributed by atoms with van der Waals surface area (Å²) in [4.78, 5) is 0.118. The molecule has 0 radical (unpaired) electrons. The predicted molar refractivity (Wildman–Crippen MR) is 84.5 cm³/mol.